The van der Waals surface area contributed by atoms with Crippen LogP contribution >= 0.6 is 11.3 Å². The molecule has 0 N–H and O–H groups in total. The maximum Gasteiger partial charge on any atom is 0.494 e. The zero-order valence-electron chi connectivity index (χ0n) is 16.5. The fourth-order valence-corrected chi connectivity index (χ4v) is 5.62. The normalized spacial score (nSPS) is 18.9. The van der Waals surface area contributed by atoms with Gasteiger partial charge in [0, 0.05) is 20.2 Å². The van der Waals surface area contributed by atoms with Crippen molar-refractivity contribution in [1.29, 1.82) is 0 Å². The molecule has 0 bridgehead atoms. The van der Waals surface area contributed by atoms with Gasteiger partial charge in [-0.3, -0.25) is 0 Å². The number of fused-ring (bicyclic) bond motifs is 3. The summed E-state index contributed by atoms with van der Waals surface area (Å²) in [4.78, 5) is 0. The van der Waals surface area contributed by atoms with E-state index in [9.17, 15) is 0 Å². The van der Waals surface area contributed by atoms with Crippen LogP contribution in [0.2, 0.25) is 0 Å². The molecular formula is C24H21BO2S. The van der Waals surface area contributed by atoms with Gasteiger partial charge in [-0.1, -0.05) is 42.5 Å². The summed E-state index contributed by atoms with van der Waals surface area (Å²) in [6.07, 6.45) is 0. The first kappa shape index (κ1) is 16.8. The molecule has 0 unspecified atom stereocenters. The Kier molecular flexibility index (Phi) is 3.16. The Morgan fingerprint density at radius 1 is 0.679 bits per heavy atom. The minimum absolute atomic E-state index is 0.334. The highest BCUT2D eigenvalue weighted by Gasteiger charge is 2.51. The molecule has 1 aliphatic rings. The van der Waals surface area contributed by atoms with E-state index >= 15 is 0 Å². The number of hydrogen-bond acceptors (Lipinski definition) is 3. The van der Waals surface area contributed by atoms with E-state index in [1.54, 1.807) is 0 Å². The van der Waals surface area contributed by atoms with Crippen LogP contribution in [0, 0.1) is 0 Å². The van der Waals surface area contributed by atoms with Crippen molar-refractivity contribution in [2.45, 2.75) is 38.9 Å². The Hall–Kier alpha value is -2.14. The standard InChI is InChI=1S/C24H21BO2S/c1-23(2)24(3,4)27-25(26-23)14-11-12-15-16-7-5-9-19-21(16)22-17(18(15)13-14)8-6-10-20(22)28-19/h5-13H,1-4H3. The topological polar surface area (TPSA) is 18.5 Å². The highest BCUT2D eigenvalue weighted by Crippen LogP contribution is 2.44. The van der Waals surface area contributed by atoms with Gasteiger partial charge in [0.15, 0.2) is 0 Å². The highest BCUT2D eigenvalue weighted by atomic mass is 32.1. The van der Waals surface area contributed by atoms with Gasteiger partial charge in [0.2, 0.25) is 0 Å². The van der Waals surface area contributed by atoms with Gasteiger partial charge in [0.1, 0.15) is 0 Å². The summed E-state index contributed by atoms with van der Waals surface area (Å²) >= 11 is 1.88. The van der Waals surface area contributed by atoms with Crippen molar-refractivity contribution in [1.82, 2.24) is 0 Å². The Balaban J connectivity index is 1.66. The Labute approximate surface area is 168 Å². The fraction of sp³-hybridized carbons (Fsp3) is 0.250. The zero-order chi connectivity index (χ0) is 19.3. The predicted molar refractivity (Wildman–Crippen MR) is 121 cm³/mol. The van der Waals surface area contributed by atoms with Crippen LogP contribution in [0.3, 0.4) is 0 Å². The summed E-state index contributed by atoms with van der Waals surface area (Å²) in [5, 5.41) is 8.00. The molecule has 0 amide bonds. The van der Waals surface area contributed by atoms with Crippen LogP contribution in [-0.4, -0.2) is 18.3 Å². The van der Waals surface area contributed by atoms with Crippen molar-refractivity contribution in [2.75, 3.05) is 0 Å². The maximum absolute atomic E-state index is 6.31. The predicted octanol–water partition coefficient (Wildman–Crippen LogP) is 6.10. The molecule has 2 nitrogen and oxygen atoms in total. The van der Waals surface area contributed by atoms with E-state index in [1.165, 1.54) is 41.7 Å². The summed E-state index contributed by atoms with van der Waals surface area (Å²) in [6.45, 7) is 8.41. The Morgan fingerprint density at radius 3 is 1.86 bits per heavy atom. The third kappa shape index (κ3) is 2.06. The first-order valence-electron chi connectivity index (χ1n) is 9.80. The molecular weight excluding hydrogens is 363 g/mol. The molecule has 5 aromatic rings. The van der Waals surface area contributed by atoms with E-state index in [1.807, 2.05) is 11.3 Å². The lowest BCUT2D eigenvalue weighted by molar-refractivity contribution is 0.00578. The quantitative estimate of drug-likeness (QED) is 0.257. The molecule has 1 fully saturated rings. The molecule has 138 valence electrons. The first-order valence-corrected chi connectivity index (χ1v) is 10.6. The van der Waals surface area contributed by atoms with Crippen molar-refractivity contribution in [3.8, 4) is 0 Å². The van der Waals surface area contributed by atoms with E-state index in [2.05, 4.69) is 82.3 Å². The number of thiophene rings is 1. The third-order valence-electron chi connectivity index (χ3n) is 6.67. The van der Waals surface area contributed by atoms with E-state index in [0.29, 0.717) is 0 Å². The van der Waals surface area contributed by atoms with Crippen LogP contribution in [0.25, 0.3) is 41.7 Å². The molecule has 4 aromatic carbocycles. The van der Waals surface area contributed by atoms with Crippen LogP contribution in [0.4, 0.5) is 0 Å². The molecule has 0 saturated carbocycles. The molecule has 1 saturated heterocycles. The molecule has 0 spiro atoms. The SMILES string of the molecule is CC1(C)OB(c2ccc3c(c2)c2cccc4sc5cccc3c5c42)OC1(C)C. The molecule has 2 heterocycles. The van der Waals surface area contributed by atoms with Crippen molar-refractivity contribution >= 4 is 65.6 Å². The van der Waals surface area contributed by atoms with Gasteiger partial charge in [0.05, 0.1) is 11.2 Å². The summed E-state index contributed by atoms with van der Waals surface area (Å²) in [5.74, 6) is 0. The Morgan fingerprint density at radius 2 is 1.25 bits per heavy atom. The summed E-state index contributed by atoms with van der Waals surface area (Å²) in [5.41, 5.74) is 0.416. The lowest BCUT2D eigenvalue weighted by atomic mass is 9.77. The second-order valence-electron chi connectivity index (χ2n) is 8.85. The Bertz CT molecular complexity index is 1370. The van der Waals surface area contributed by atoms with Crippen LogP contribution in [0.5, 0.6) is 0 Å². The maximum atomic E-state index is 6.31. The fourth-order valence-electron chi connectivity index (χ4n) is 4.46. The molecule has 6 rings (SSSR count). The average molecular weight is 384 g/mol. The smallest absolute Gasteiger partial charge is 0.399 e. The number of benzene rings is 4. The zero-order valence-corrected chi connectivity index (χ0v) is 17.3. The first-order chi connectivity index (χ1) is 13.4. The lowest BCUT2D eigenvalue weighted by Gasteiger charge is -2.32. The molecule has 0 aliphatic carbocycles. The van der Waals surface area contributed by atoms with E-state index < -0.39 is 0 Å². The highest BCUT2D eigenvalue weighted by molar-refractivity contribution is 7.26. The van der Waals surface area contributed by atoms with Crippen LogP contribution < -0.4 is 5.46 Å². The van der Waals surface area contributed by atoms with Crippen LogP contribution in [-0.2, 0) is 9.31 Å². The minimum atomic E-state index is -0.339. The average Bonchev–Trinajstić information content (AvgIpc) is 3.15. The van der Waals surface area contributed by atoms with Gasteiger partial charge in [-0.2, -0.15) is 0 Å². The molecule has 4 heteroatoms. The molecule has 0 atom stereocenters. The molecule has 28 heavy (non-hydrogen) atoms. The second kappa shape index (κ2) is 5.26. The molecule has 1 aliphatic heterocycles. The van der Waals surface area contributed by atoms with Crippen LogP contribution in [0.1, 0.15) is 27.7 Å². The monoisotopic (exact) mass is 384 g/mol. The van der Waals surface area contributed by atoms with Crippen LogP contribution in [0.15, 0.2) is 54.6 Å². The van der Waals surface area contributed by atoms with Gasteiger partial charge < -0.3 is 9.31 Å². The van der Waals surface area contributed by atoms with Crippen molar-refractivity contribution in [2.24, 2.45) is 0 Å². The minimum Gasteiger partial charge on any atom is -0.399 e. The van der Waals surface area contributed by atoms with Crippen molar-refractivity contribution < 1.29 is 9.31 Å². The molecule has 1 aromatic heterocycles. The van der Waals surface area contributed by atoms with Crippen molar-refractivity contribution in [3.05, 3.63) is 54.6 Å². The largest absolute Gasteiger partial charge is 0.494 e. The number of hydrogen-bond donors (Lipinski definition) is 0. The van der Waals surface area contributed by atoms with Gasteiger partial charge in [-0.15, -0.1) is 11.3 Å². The third-order valence-corrected chi connectivity index (χ3v) is 7.79. The van der Waals surface area contributed by atoms with E-state index in [4.69, 9.17) is 9.31 Å². The van der Waals surface area contributed by atoms with Gasteiger partial charge in [-0.05, 0) is 66.8 Å². The lowest BCUT2D eigenvalue weighted by Crippen LogP contribution is -2.41. The van der Waals surface area contributed by atoms with Gasteiger partial charge in [0.25, 0.3) is 0 Å². The summed E-state index contributed by atoms with van der Waals surface area (Å²) in [7, 11) is -0.339. The van der Waals surface area contributed by atoms with Gasteiger partial charge >= 0.3 is 7.12 Å². The molecule has 0 radical (unpaired) electrons. The van der Waals surface area contributed by atoms with E-state index in [-0.39, 0.29) is 18.3 Å². The van der Waals surface area contributed by atoms with Crippen molar-refractivity contribution in [3.63, 3.8) is 0 Å². The summed E-state index contributed by atoms with van der Waals surface area (Å²) < 4.78 is 15.3. The summed E-state index contributed by atoms with van der Waals surface area (Å²) in [6, 6.07) is 20.0. The van der Waals surface area contributed by atoms with E-state index in [0.717, 1.165) is 5.46 Å². The van der Waals surface area contributed by atoms with Gasteiger partial charge in [-0.25, -0.2) is 0 Å². The number of rotatable bonds is 1. The second-order valence-corrected chi connectivity index (χ2v) is 9.94.